The van der Waals surface area contributed by atoms with Crippen LogP contribution in [0.2, 0.25) is 0 Å². The lowest BCUT2D eigenvalue weighted by molar-refractivity contribution is 0.111. The average Bonchev–Trinajstić information content (AvgIpc) is 2.83. The van der Waals surface area contributed by atoms with Crippen molar-refractivity contribution in [3.63, 3.8) is 0 Å². The standard InChI is InChI=1S/C13H8BrN3O/c14-10-6-4-9(5-7-10)13-16-15-12-3-1-2-11(8-18)17(12)13/h1-8H. The molecule has 88 valence electrons. The number of aromatic nitrogens is 3. The fourth-order valence-electron chi connectivity index (χ4n) is 1.84. The normalized spacial score (nSPS) is 10.7. The van der Waals surface area contributed by atoms with Crippen molar-refractivity contribution in [2.75, 3.05) is 0 Å². The summed E-state index contributed by atoms with van der Waals surface area (Å²) in [6.45, 7) is 0. The minimum atomic E-state index is 0.537. The molecule has 0 atom stereocenters. The number of rotatable bonds is 2. The molecule has 1 aromatic carbocycles. The van der Waals surface area contributed by atoms with E-state index in [0.717, 1.165) is 16.3 Å². The van der Waals surface area contributed by atoms with Gasteiger partial charge >= 0.3 is 0 Å². The van der Waals surface area contributed by atoms with Crippen molar-refractivity contribution < 1.29 is 4.79 Å². The van der Waals surface area contributed by atoms with Gasteiger partial charge in [0.1, 0.15) is 0 Å². The van der Waals surface area contributed by atoms with Gasteiger partial charge in [-0.05, 0) is 24.3 Å². The molecule has 2 aromatic heterocycles. The van der Waals surface area contributed by atoms with Crippen LogP contribution in [0, 0.1) is 0 Å². The van der Waals surface area contributed by atoms with E-state index in [1.807, 2.05) is 30.3 Å². The van der Waals surface area contributed by atoms with E-state index >= 15 is 0 Å². The highest BCUT2D eigenvalue weighted by atomic mass is 79.9. The predicted molar refractivity (Wildman–Crippen MR) is 71.5 cm³/mol. The van der Waals surface area contributed by atoms with Crippen LogP contribution in [-0.4, -0.2) is 20.9 Å². The minimum absolute atomic E-state index is 0.537. The Morgan fingerprint density at radius 2 is 1.83 bits per heavy atom. The van der Waals surface area contributed by atoms with E-state index in [-0.39, 0.29) is 0 Å². The molecule has 3 rings (SSSR count). The van der Waals surface area contributed by atoms with Gasteiger partial charge in [0, 0.05) is 10.0 Å². The van der Waals surface area contributed by atoms with E-state index in [9.17, 15) is 4.79 Å². The highest BCUT2D eigenvalue weighted by Gasteiger charge is 2.10. The zero-order chi connectivity index (χ0) is 12.5. The van der Waals surface area contributed by atoms with Crippen LogP contribution in [0.3, 0.4) is 0 Å². The van der Waals surface area contributed by atoms with Crippen molar-refractivity contribution in [2.24, 2.45) is 0 Å². The molecule has 0 aliphatic heterocycles. The summed E-state index contributed by atoms with van der Waals surface area (Å²) in [6, 6.07) is 13.1. The summed E-state index contributed by atoms with van der Waals surface area (Å²) in [7, 11) is 0. The van der Waals surface area contributed by atoms with Crippen LogP contribution in [0.25, 0.3) is 17.0 Å². The second-order valence-electron chi connectivity index (χ2n) is 3.79. The molecule has 4 nitrogen and oxygen atoms in total. The first-order valence-electron chi connectivity index (χ1n) is 5.35. The maximum absolute atomic E-state index is 11.1. The van der Waals surface area contributed by atoms with Gasteiger partial charge in [0.05, 0.1) is 5.69 Å². The Hall–Kier alpha value is -2.01. The van der Waals surface area contributed by atoms with Crippen molar-refractivity contribution >= 4 is 27.9 Å². The average molecular weight is 302 g/mol. The molecule has 5 heteroatoms. The lowest BCUT2D eigenvalue weighted by atomic mass is 10.2. The molecule has 2 heterocycles. The number of aldehydes is 1. The Morgan fingerprint density at radius 1 is 1.06 bits per heavy atom. The van der Waals surface area contributed by atoms with Crippen LogP contribution in [0.1, 0.15) is 10.5 Å². The zero-order valence-electron chi connectivity index (χ0n) is 9.25. The van der Waals surface area contributed by atoms with Crippen LogP contribution in [-0.2, 0) is 0 Å². The molecule has 0 saturated heterocycles. The fraction of sp³-hybridized carbons (Fsp3) is 0. The number of hydrogen-bond donors (Lipinski definition) is 0. The summed E-state index contributed by atoms with van der Waals surface area (Å²) in [5.74, 6) is 0.667. The second kappa shape index (κ2) is 4.34. The Bertz CT molecular complexity index is 719. The lowest BCUT2D eigenvalue weighted by Crippen LogP contribution is -1.97. The number of carbonyl (C=O) groups excluding carboxylic acids is 1. The van der Waals surface area contributed by atoms with E-state index in [2.05, 4.69) is 26.1 Å². The summed E-state index contributed by atoms with van der Waals surface area (Å²) in [6.07, 6.45) is 0.804. The number of fused-ring (bicyclic) bond motifs is 1. The number of pyridine rings is 1. The van der Waals surface area contributed by atoms with Crippen LogP contribution in [0.15, 0.2) is 46.9 Å². The molecule has 3 aromatic rings. The summed E-state index contributed by atoms with van der Waals surface area (Å²) in [4.78, 5) is 11.1. The van der Waals surface area contributed by atoms with Gasteiger partial charge in [-0.3, -0.25) is 9.20 Å². The maximum atomic E-state index is 11.1. The van der Waals surface area contributed by atoms with E-state index < -0.39 is 0 Å². The van der Waals surface area contributed by atoms with Crippen molar-refractivity contribution in [1.82, 2.24) is 14.6 Å². The molecule has 18 heavy (non-hydrogen) atoms. The number of carbonyl (C=O) groups is 1. The van der Waals surface area contributed by atoms with Gasteiger partial charge in [0.2, 0.25) is 0 Å². The molecule has 0 aliphatic carbocycles. The van der Waals surface area contributed by atoms with Crippen molar-refractivity contribution in [3.05, 3.63) is 52.6 Å². The zero-order valence-corrected chi connectivity index (χ0v) is 10.8. The molecule has 0 bridgehead atoms. The van der Waals surface area contributed by atoms with Crippen molar-refractivity contribution in [3.8, 4) is 11.4 Å². The number of nitrogens with zero attached hydrogens (tertiary/aromatic N) is 3. The quantitative estimate of drug-likeness (QED) is 0.684. The topological polar surface area (TPSA) is 47.3 Å². The van der Waals surface area contributed by atoms with Gasteiger partial charge in [-0.25, -0.2) is 0 Å². The lowest BCUT2D eigenvalue weighted by Gasteiger charge is -2.02. The summed E-state index contributed by atoms with van der Waals surface area (Å²) < 4.78 is 2.74. The molecular formula is C13H8BrN3O. The van der Waals surface area contributed by atoms with E-state index in [1.165, 1.54) is 0 Å². The molecule has 0 unspecified atom stereocenters. The van der Waals surface area contributed by atoms with Crippen LogP contribution in [0.4, 0.5) is 0 Å². The van der Waals surface area contributed by atoms with Crippen LogP contribution >= 0.6 is 15.9 Å². The van der Waals surface area contributed by atoms with Gasteiger partial charge in [0.15, 0.2) is 17.8 Å². The molecule has 0 spiro atoms. The van der Waals surface area contributed by atoms with E-state index in [1.54, 1.807) is 16.5 Å². The molecule has 0 N–H and O–H groups in total. The highest BCUT2D eigenvalue weighted by molar-refractivity contribution is 9.10. The molecular weight excluding hydrogens is 294 g/mol. The van der Waals surface area contributed by atoms with Gasteiger partial charge in [-0.15, -0.1) is 10.2 Å². The van der Waals surface area contributed by atoms with E-state index in [0.29, 0.717) is 17.2 Å². The molecule has 0 amide bonds. The summed E-state index contributed by atoms with van der Waals surface area (Å²) in [5, 5.41) is 8.21. The third-order valence-electron chi connectivity index (χ3n) is 2.68. The van der Waals surface area contributed by atoms with Gasteiger partial charge in [-0.2, -0.15) is 0 Å². The predicted octanol–water partition coefficient (Wildman–Crippen LogP) is 2.97. The molecule has 0 aliphatic rings. The molecule has 0 saturated carbocycles. The summed E-state index contributed by atoms with van der Waals surface area (Å²) >= 11 is 3.39. The number of hydrogen-bond acceptors (Lipinski definition) is 3. The number of halogens is 1. The monoisotopic (exact) mass is 301 g/mol. The first-order chi connectivity index (χ1) is 8.79. The SMILES string of the molecule is O=Cc1cccc2nnc(-c3ccc(Br)cc3)n12. The first kappa shape index (κ1) is 11.1. The molecule has 0 radical (unpaired) electrons. The largest absolute Gasteiger partial charge is 0.296 e. The Balaban J connectivity index is 2.29. The third-order valence-corrected chi connectivity index (χ3v) is 3.21. The third kappa shape index (κ3) is 1.73. The van der Waals surface area contributed by atoms with Crippen molar-refractivity contribution in [2.45, 2.75) is 0 Å². The van der Waals surface area contributed by atoms with E-state index in [4.69, 9.17) is 0 Å². The molecule has 0 fully saturated rings. The van der Waals surface area contributed by atoms with Gasteiger partial charge in [0.25, 0.3) is 0 Å². The minimum Gasteiger partial charge on any atom is -0.296 e. The smallest absolute Gasteiger partial charge is 0.168 e. The second-order valence-corrected chi connectivity index (χ2v) is 4.71. The summed E-state index contributed by atoms with van der Waals surface area (Å²) in [5.41, 5.74) is 2.12. The number of benzene rings is 1. The Labute approximate surface area is 111 Å². The van der Waals surface area contributed by atoms with Crippen LogP contribution < -0.4 is 0 Å². The highest BCUT2D eigenvalue weighted by Crippen LogP contribution is 2.21. The van der Waals surface area contributed by atoms with Gasteiger partial charge < -0.3 is 0 Å². The maximum Gasteiger partial charge on any atom is 0.168 e. The Morgan fingerprint density at radius 3 is 2.56 bits per heavy atom. The first-order valence-corrected chi connectivity index (χ1v) is 6.14. The van der Waals surface area contributed by atoms with Crippen LogP contribution in [0.5, 0.6) is 0 Å². The van der Waals surface area contributed by atoms with Crippen molar-refractivity contribution in [1.29, 1.82) is 0 Å². The fourth-order valence-corrected chi connectivity index (χ4v) is 2.11. The Kier molecular flexibility index (Phi) is 2.68. The van der Waals surface area contributed by atoms with Gasteiger partial charge in [-0.1, -0.05) is 34.1 Å².